The first kappa shape index (κ1) is 16.2. The normalized spacial score (nSPS) is 27.6. The summed E-state index contributed by atoms with van der Waals surface area (Å²) in [6, 6.07) is 19.0. The molecule has 0 amide bonds. The highest BCUT2D eigenvalue weighted by atomic mass is 16.5. The number of aryl methyl sites for hydroxylation is 1. The number of fused-ring (bicyclic) bond motifs is 4. The van der Waals surface area contributed by atoms with E-state index in [9.17, 15) is 0 Å². The van der Waals surface area contributed by atoms with Gasteiger partial charge in [0, 0.05) is 37.4 Å². The largest absolute Gasteiger partial charge is 0.497 e. The second-order valence-electron chi connectivity index (χ2n) is 8.13. The van der Waals surface area contributed by atoms with Crippen molar-refractivity contribution in [2.45, 2.75) is 43.7 Å². The molecule has 3 saturated heterocycles. The summed E-state index contributed by atoms with van der Waals surface area (Å²) in [6.45, 7) is 3.62. The van der Waals surface area contributed by atoms with Crippen LogP contribution in [0.5, 0.6) is 5.75 Å². The predicted octanol–water partition coefficient (Wildman–Crippen LogP) is 4.08. The smallest absolute Gasteiger partial charge is 0.119 e. The third kappa shape index (κ3) is 2.79. The van der Waals surface area contributed by atoms with Crippen molar-refractivity contribution in [3.8, 4) is 5.75 Å². The summed E-state index contributed by atoms with van der Waals surface area (Å²) >= 11 is 0. The van der Waals surface area contributed by atoms with Crippen LogP contribution >= 0.6 is 0 Å². The molecule has 0 N–H and O–H groups in total. The van der Waals surface area contributed by atoms with Gasteiger partial charge in [0.05, 0.1) is 7.11 Å². The lowest BCUT2D eigenvalue weighted by Gasteiger charge is -2.53. The highest BCUT2D eigenvalue weighted by Crippen LogP contribution is 2.39. The van der Waals surface area contributed by atoms with Gasteiger partial charge >= 0.3 is 0 Å². The molecule has 0 spiro atoms. The minimum Gasteiger partial charge on any atom is -0.497 e. The molecule has 3 heteroatoms. The number of rotatable bonds is 4. The van der Waals surface area contributed by atoms with E-state index in [0.717, 1.165) is 5.75 Å². The fourth-order valence-corrected chi connectivity index (χ4v) is 5.34. The Hall–Kier alpha value is -2.00. The molecule has 3 nitrogen and oxygen atoms in total. The summed E-state index contributed by atoms with van der Waals surface area (Å²) in [5, 5.41) is 0. The van der Waals surface area contributed by atoms with Crippen molar-refractivity contribution in [2.24, 2.45) is 0 Å². The summed E-state index contributed by atoms with van der Waals surface area (Å²) in [5.74, 6) is 1.68. The molecule has 136 valence electrons. The van der Waals surface area contributed by atoms with Gasteiger partial charge in [0.25, 0.3) is 0 Å². The first-order chi connectivity index (χ1) is 12.8. The topological polar surface area (TPSA) is 15.7 Å². The minimum absolute atomic E-state index is 0.671. The number of nitrogens with zero attached hydrogens (tertiary/aromatic N) is 2. The van der Waals surface area contributed by atoms with Crippen LogP contribution in [0.3, 0.4) is 0 Å². The second kappa shape index (κ2) is 6.62. The van der Waals surface area contributed by atoms with Crippen molar-refractivity contribution in [1.29, 1.82) is 0 Å². The molecule has 0 saturated carbocycles. The first-order valence-corrected chi connectivity index (χ1v) is 10.0. The Balaban J connectivity index is 1.31. The van der Waals surface area contributed by atoms with Crippen LogP contribution in [0.2, 0.25) is 0 Å². The first-order valence-electron chi connectivity index (χ1n) is 10.0. The van der Waals surface area contributed by atoms with Gasteiger partial charge in [0.15, 0.2) is 0 Å². The quantitative estimate of drug-likeness (QED) is 0.828. The van der Waals surface area contributed by atoms with Gasteiger partial charge in [0.1, 0.15) is 5.75 Å². The van der Waals surface area contributed by atoms with E-state index in [1.54, 1.807) is 7.11 Å². The molecule has 3 atom stereocenters. The molecular formula is C23H28N2O. The van der Waals surface area contributed by atoms with E-state index in [1.807, 2.05) is 0 Å². The molecule has 2 aromatic carbocycles. The Morgan fingerprint density at radius 1 is 0.962 bits per heavy atom. The van der Waals surface area contributed by atoms with Gasteiger partial charge in [-0.25, -0.2) is 0 Å². The number of hydrogen-bond donors (Lipinski definition) is 0. The molecule has 1 aliphatic carbocycles. The Labute approximate surface area is 156 Å². The number of benzene rings is 2. The summed E-state index contributed by atoms with van der Waals surface area (Å²) in [7, 11) is 1.77. The van der Waals surface area contributed by atoms with Crippen LogP contribution in [0.15, 0.2) is 48.5 Å². The summed E-state index contributed by atoms with van der Waals surface area (Å²) < 4.78 is 5.47. The van der Waals surface area contributed by atoms with Gasteiger partial charge in [-0.2, -0.15) is 0 Å². The highest BCUT2D eigenvalue weighted by molar-refractivity contribution is 5.49. The third-order valence-electron chi connectivity index (χ3n) is 6.74. The van der Waals surface area contributed by atoms with Crippen LogP contribution in [0.25, 0.3) is 0 Å². The Morgan fingerprint density at radius 3 is 2.58 bits per heavy atom. The lowest BCUT2D eigenvalue weighted by molar-refractivity contribution is 0.0894. The summed E-state index contributed by atoms with van der Waals surface area (Å²) in [5.41, 5.74) is 4.47. The SMILES string of the molecule is COc1ccc2c(c1)[C@@H](CN1C[C@H]3CC[C@H]1CN3c1ccccc1)CC2. The maximum absolute atomic E-state index is 5.47. The molecule has 2 bridgehead atoms. The van der Waals surface area contributed by atoms with E-state index in [-0.39, 0.29) is 0 Å². The standard InChI is InChI=1S/C23H28N2O/c1-26-22-12-9-17-7-8-18(23(17)13-22)14-24-15-21-11-10-20(24)16-25(21)19-5-3-2-4-6-19/h2-6,9,12-13,18,20-21H,7-8,10-11,14-16H2,1H3/t18-,20+,21-/m1/s1. The minimum atomic E-state index is 0.671. The second-order valence-corrected chi connectivity index (χ2v) is 8.13. The zero-order valence-electron chi connectivity index (χ0n) is 15.6. The number of anilines is 1. The van der Waals surface area contributed by atoms with E-state index in [1.165, 1.54) is 62.1 Å². The number of hydrogen-bond acceptors (Lipinski definition) is 3. The van der Waals surface area contributed by atoms with Crippen LogP contribution in [-0.2, 0) is 6.42 Å². The van der Waals surface area contributed by atoms with E-state index in [2.05, 4.69) is 58.3 Å². The lowest BCUT2D eigenvalue weighted by Crippen LogP contribution is -2.63. The maximum atomic E-state index is 5.47. The molecule has 26 heavy (non-hydrogen) atoms. The van der Waals surface area contributed by atoms with Gasteiger partial charge in [-0.05, 0) is 67.0 Å². The summed E-state index contributed by atoms with van der Waals surface area (Å²) in [6.07, 6.45) is 5.21. The van der Waals surface area contributed by atoms with Gasteiger partial charge in [-0.1, -0.05) is 24.3 Å². The monoisotopic (exact) mass is 348 g/mol. The highest BCUT2D eigenvalue weighted by Gasteiger charge is 2.40. The van der Waals surface area contributed by atoms with E-state index in [4.69, 9.17) is 4.74 Å². The molecule has 3 fully saturated rings. The molecule has 4 aliphatic rings. The molecule has 2 aromatic rings. The Bertz CT molecular complexity index is 775. The molecule has 0 unspecified atom stereocenters. The zero-order valence-corrected chi connectivity index (χ0v) is 15.6. The van der Waals surface area contributed by atoms with Gasteiger partial charge in [0.2, 0.25) is 0 Å². The lowest BCUT2D eigenvalue weighted by atomic mass is 9.88. The number of methoxy groups -OCH3 is 1. The van der Waals surface area contributed by atoms with Crippen molar-refractivity contribution in [3.63, 3.8) is 0 Å². The number of para-hydroxylation sites is 1. The molecular weight excluding hydrogens is 320 g/mol. The fraction of sp³-hybridized carbons (Fsp3) is 0.478. The molecule has 6 rings (SSSR count). The molecule has 0 aromatic heterocycles. The van der Waals surface area contributed by atoms with Crippen molar-refractivity contribution in [1.82, 2.24) is 4.90 Å². The summed E-state index contributed by atoms with van der Waals surface area (Å²) in [4.78, 5) is 5.43. The fourth-order valence-electron chi connectivity index (χ4n) is 5.34. The van der Waals surface area contributed by atoms with Crippen LogP contribution < -0.4 is 9.64 Å². The van der Waals surface area contributed by atoms with Crippen LogP contribution in [0.1, 0.15) is 36.3 Å². The van der Waals surface area contributed by atoms with Crippen molar-refractivity contribution < 1.29 is 4.74 Å². The van der Waals surface area contributed by atoms with E-state index >= 15 is 0 Å². The van der Waals surface area contributed by atoms with Crippen molar-refractivity contribution >= 4 is 5.69 Å². The average Bonchev–Trinajstić information content (AvgIpc) is 3.11. The van der Waals surface area contributed by atoms with Gasteiger partial charge < -0.3 is 9.64 Å². The number of piperazine rings is 1. The van der Waals surface area contributed by atoms with Crippen molar-refractivity contribution in [2.75, 3.05) is 31.6 Å². The Morgan fingerprint density at radius 2 is 1.81 bits per heavy atom. The third-order valence-corrected chi connectivity index (χ3v) is 6.74. The van der Waals surface area contributed by atoms with Gasteiger partial charge in [-0.15, -0.1) is 0 Å². The molecule has 3 aliphatic heterocycles. The van der Waals surface area contributed by atoms with Crippen molar-refractivity contribution in [3.05, 3.63) is 59.7 Å². The van der Waals surface area contributed by atoms with E-state index < -0.39 is 0 Å². The Kier molecular flexibility index (Phi) is 4.12. The van der Waals surface area contributed by atoms with Crippen LogP contribution in [0, 0.1) is 0 Å². The van der Waals surface area contributed by atoms with Gasteiger partial charge in [-0.3, -0.25) is 4.90 Å². The molecule has 3 heterocycles. The maximum Gasteiger partial charge on any atom is 0.119 e. The number of ether oxygens (including phenoxy) is 1. The van der Waals surface area contributed by atoms with Crippen LogP contribution in [0.4, 0.5) is 5.69 Å². The van der Waals surface area contributed by atoms with E-state index in [0.29, 0.717) is 18.0 Å². The predicted molar refractivity (Wildman–Crippen MR) is 106 cm³/mol. The average molecular weight is 348 g/mol. The zero-order chi connectivity index (χ0) is 17.5. The van der Waals surface area contributed by atoms with Crippen LogP contribution in [-0.4, -0.2) is 43.7 Å². The number of piperidine rings is 2. The molecule has 0 radical (unpaired) electrons.